The van der Waals surface area contributed by atoms with Gasteiger partial charge in [0.05, 0.1) is 30.2 Å². The lowest BCUT2D eigenvalue weighted by Crippen LogP contribution is -2.43. The standard InChI is InChI=1S/C43H59N5O6S/c1-6-8-9-10-11-12-13-14-15-16-17-20-29-54-43(51)34-24-23-32(3)37(31-34)45-42(50)40(41-46-55(52,53)39-22-19-18-21-38(39)47(41)5)44-36-26-25-35(30-33(36)4)48(7-2)27-28-49/h18-19,21-26,30-31,49H,6-17,20,27-29H2,1-5H3,(H,45,50). The summed E-state index contributed by atoms with van der Waals surface area (Å²) in [5.74, 6) is -1.33. The highest BCUT2D eigenvalue weighted by molar-refractivity contribution is 7.90. The number of hydrogen-bond acceptors (Lipinski definition) is 9. The number of amidine groups is 1. The van der Waals surface area contributed by atoms with Crippen molar-refractivity contribution in [1.29, 1.82) is 0 Å². The Labute approximate surface area is 328 Å². The summed E-state index contributed by atoms with van der Waals surface area (Å²) in [5.41, 5.74) is 3.51. The highest BCUT2D eigenvalue weighted by Crippen LogP contribution is 2.32. The highest BCUT2D eigenvalue weighted by Gasteiger charge is 2.34. The summed E-state index contributed by atoms with van der Waals surface area (Å²) >= 11 is 0. The van der Waals surface area contributed by atoms with Crippen molar-refractivity contribution in [1.82, 2.24) is 0 Å². The quantitative estimate of drug-likeness (QED) is 0.0586. The molecule has 0 aromatic heterocycles. The number of fused-ring (bicyclic) bond motifs is 1. The SMILES string of the molecule is CCCCCCCCCCCCCCOC(=O)c1ccc(C)c(NC(=O)C(=Nc2ccc(N(CC)CCO)cc2C)C2=NS(=O)(=O)c3ccccc3N2C)c1. The highest BCUT2D eigenvalue weighted by atomic mass is 32.2. The van der Waals surface area contributed by atoms with Crippen molar-refractivity contribution in [2.75, 3.05) is 48.5 Å². The molecule has 4 rings (SSSR count). The van der Waals surface area contributed by atoms with Crippen molar-refractivity contribution in [3.63, 3.8) is 0 Å². The van der Waals surface area contributed by atoms with Gasteiger partial charge in [-0.2, -0.15) is 8.42 Å². The number of aliphatic imine (C=N–C) groups is 1. The molecule has 0 fully saturated rings. The van der Waals surface area contributed by atoms with E-state index in [-0.39, 0.29) is 28.6 Å². The average Bonchev–Trinajstić information content (AvgIpc) is 3.17. The number of esters is 1. The number of carbonyl (C=O) groups is 2. The number of aryl methyl sites for hydroxylation is 2. The number of benzene rings is 3. The molecule has 1 aliphatic rings. The number of ether oxygens (including phenoxy) is 1. The van der Waals surface area contributed by atoms with Crippen LogP contribution in [0.5, 0.6) is 0 Å². The van der Waals surface area contributed by atoms with E-state index in [0.29, 0.717) is 42.3 Å². The molecule has 298 valence electrons. The third-order valence-corrected chi connectivity index (χ3v) is 11.3. The maximum Gasteiger partial charge on any atom is 0.338 e. The summed E-state index contributed by atoms with van der Waals surface area (Å²) in [6.45, 7) is 9.33. The molecule has 0 radical (unpaired) electrons. The minimum absolute atomic E-state index is 0.00298. The second kappa shape index (κ2) is 21.5. The smallest absolute Gasteiger partial charge is 0.338 e. The number of nitrogens with zero attached hydrogens (tertiary/aromatic N) is 4. The first-order chi connectivity index (χ1) is 26.5. The predicted molar refractivity (Wildman–Crippen MR) is 224 cm³/mol. The van der Waals surface area contributed by atoms with E-state index in [4.69, 9.17) is 9.73 Å². The number of anilines is 3. The van der Waals surface area contributed by atoms with Crippen LogP contribution in [-0.2, 0) is 19.6 Å². The van der Waals surface area contributed by atoms with E-state index in [0.717, 1.165) is 30.5 Å². The first kappa shape index (κ1) is 43.2. The van der Waals surface area contributed by atoms with Gasteiger partial charge in [-0.1, -0.05) is 95.8 Å². The molecule has 0 aliphatic carbocycles. The zero-order valence-electron chi connectivity index (χ0n) is 33.3. The van der Waals surface area contributed by atoms with Gasteiger partial charge in [0, 0.05) is 31.5 Å². The number of unbranched alkanes of at least 4 members (excludes halogenated alkanes) is 11. The maximum absolute atomic E-state index is 14.2. The zero-order chi connectivity index (χ0) is 39.8. The molecule has 11 nitrogen and oxygen atoms in total. The Kier molecular flexibility index (Phi) is 16.9. The van der Waals surface area contributed by atoms with E-state index in [2.05, 4.69) is 16.6 Å². The number of hydrogen-bond donors (Lipinski definition) is 2. The van der Waals surface area contributed by atoms with E-state index in [1.165, 1.54) is 68.8 Å². The molecule has 2 N–H and O–H groups in total. The second-order valence-corrected chi connectivity index (χ2v) is 15.7. The molecule has 1 aliphatic heterocycles. The monoisotopic (exact) mass is 773 g/mol. The molecule has 55 heavy (non-hydrogen) atoms. The number of aliphatic hydroxyl groups excluding tert-OH is 1. The number of aliphatic hydroxyl groups is 1. The number of nitrogens with one attached hydrogen (secondary N) is 1. The van der Waals surface area contributed by atoms with Crippen LogP contribution in [0.1, 0.15) is 112 Å². The lowest BCUT2D eigenvalue weighted by Gasteiger charge is -2.27. The van der Waals surface area contributed by atoms with Gasteiger partial charge in [-0.3, -0.25) is 4.79 Å². The number of para-hydroxylation sites is 1. The minimum atomic E-state index is -4.16. The van der Waals surface area contributed by atoms with Crippen molar-refractivity contribution in [2.45, 2.75) is 110 Å². The molecule has 3 aromatic carbocycles. The Morgan fingerprint density at radius 1 is 0.855 bits per heavy atom. The van der Waals surface area contributed by atoms with E-state index in [9.17, 15) is 23.1 Å². The summed E-state index contributed by atoms with van der Waals surface area (Å²) in [4.78, 5) is 35.6. The number of likely N-dealkylation sites (N-methyl/N-ethyl adjacent to an activating group) is 1. The van der Waals surface area contributed by atoms with E-state index in [1.54, 1.807) is 56.4 Å². The molecular weight excluding hydrogens is 715 g/mol. The number of amides is 1. The third kappa shape index (κ3) is 12.2. The topological polar surface area (TPSA) is 141 Å². The Hall–Kier alpha value is -4.55. The van der Waals surface area contributed by atoms with Gasteiger partial charge in [0.2, 0.25) is 0 Å². The van der Waals surface area contributed by atoms with Crippen molar-refractivity contribution in [2.24, 2.45) is 9.39 Å². The molecule has 1 amide bonds. The zero-order valence-corrected chi connectivity index (χ0v) is 34.1. The van der Waals surface area contributed by atoms with Crippen LogP contribution in [0, 0.1) is 13.8 Å². The van der Waals surface area contributed by atoms with Crippen LogP contribution in [0.15, 0.2) is 74.9 Å². The van der Waals surface area contributed by atoms with Crippen LogP contribution >= 0.6 is 0 Å². The van der Waals surface area contributed by atoms with Gasteiger partial charge in [-0.05, 0) is 80.8 Å². The van der Waals surface area contributed by atoms with Crippen LogP contribution in [0.2, 0.25) is 0 Å². The van der Waals surface area contributed by atoms with Crippen LogP contribution in [0.25, 0.3) is 0 Å². The maximum atomic E-state index is 14.2. The summed E-state index contributed by atoms with van der Waals surface area (Å²) < 4.78 is 36.4. The fraction of sp³-hybridized carbons (Fsp3) is 0.488. The van der Waals surface area contributed by atoms with Crippen molar-refractivity contribution < 1.29 is 27.9 Å². The number of carbonyl (C=O) groups excluding carboxylic acids is 2. The Balaban J connectivity index is 1.48. The molecular formula is C43H59N5O6S. The normalized spacial score (nSPS) is 13.6. The molecule has 12 heteroatoms. The van der Waals surface area contributed by atoms with E-state index < -0.39 is 21.9 Å². The first-order valence-corrected chi connectivity index (χ1v) is 21.3. The fourth-order valence-corrected chi connectivity index (χ4v) is 7.88. The molecule has 0 bridgehead atoms. The van der Waals surface area contributed by atoms with Crippen molar-refractivity contribution in [3.8, 4) is 0 Å². The van der Waals surface area contributed by atoms with Gasteiger partial charge in [0.1, 0.15) is 4.90 Å². The fourth-order valence-electron chi connectivity index (χ4n) is 6.62. The van der Waals surface area contributed by atoms with Crippen LogP contribution in [0.4, 0.5) is 22.7 Å². The lowest BCUT2D eigenvalue weighted by molar-refractivity contribution is -0.110. The Bertz CT molecular complexity index is 1930. The molecule has 0 saturated carbocycles. The van der Waals surface area contributed by atoms with E-state index >= 15 is 0 Å². The van der Waals surface area contributed by atoms with Crippen molar-refractivity contribution >= 4 is 56.2 Å². The predicted octanol–water partition coefficient (Wildman–Crippen LogP) is 8.93. The number of rotatable bonds is 22. The third-order valence-electron chi connectivity index (χ3n) is 9.94. The van der Waals surface area contributed by atoms with Gasteiger partial charge < -0.3 is 25.0 Å². The average molecular weight is 774 g/mol. The van der Waals surface area contributed by atoms with Crippen LogP contribution in [-0.4, -0.2) is 70.3 Å². The summed E-state index contributed by atoms with van der Waals surface area (Å²) in [5, 5.41) is 12.4. The van der Waals surface area contributed by atoms with Gasteiger partial charge in [0.15, 0.2) is 11.5 Å². The number of sulfonamides is 1. The van der Waals surface area contributed by atoms with Crippen molar-refractivity contribution in [3.05, 3.63) is 77.4 Å². The summed E-state index contributed by atoms with van der Waals surface area (Å²) in [6, 6.07) is 16.9. The van der Waals surface area contributed by atoms with Crippen LogP contribution < -0.4 is 15.1 Å². The largest absolute Gasteiger partial charge is 0.462 e. The molecule has 0 spiro atoms. The van der Waals surface area contributed by atoms with Gasteiger partial charge in [-0.15, -0.1) is 4.40 Å². The molecule has 0 unspecified atom stereocenters. The summed E-state index contributed by atoms with van der Waals surface area (Å²) in [6.07, 6.45) is 14.6. The molecule has 3 aromatic rings. The molecule has 0 atom stereocenters. The molecule has 1 heterocycles. The second-order valence-electron chi connectivity index (χ2n) is 14.2. The van der Waals surface area contributed by atoms with Gasteiger partial charge in [0.25, 0.3) is 15.9 Å². The minimum Gasteiger partial charge on any atom is -0.462 e. The molecule has 0 saturated heterocycles. The van der Waals surface area contributed by atoms with Gasteiger partial charge in [-0.25, -0.2) is 9.79 Å². The van der Waals surface area contributed by atoms with Gasteiger partial charge >= 0.3 is 5.97 Å². The van der Waals surface area contributed by atoms with Crippen LogP contribution in [0.3, 0.4) is 0 Å². The lowest BCUT2D eigenvalue weighted by atomic mass is 10.1. The Morgan fingerprint density at radius 3 is 2.15 bits per heavy atom. The first-order valence-electron chi connectivity index (χ1n) is 19.8. The summed E-state index contributed by atoms with van der Waals surface area (Å²) in [7, 11) is -2.53. The Morgan fingerprint density at radius 2 is 1.51 bits per heavy atom. The van der Waals surface area contributed by atoms with E-state index in [1.807, 2.05) is 30.9 Å².